The van der Waals surface area contributed by atoms with E-state index in [-0.39, 0.29) is 0 Å². The Hall–Kier alpha value is -4.12. The molecule has 0 unspecified atom stereocenters. The normalized spacial score (nSPS) is 11.1. The van der Waals surface area contributed by atoms with E-state index in [0.717, 1.165) is 27.7 Å². The van der Waals surface area contributed by atoms with Crippen LogP contribution >= 0.6 is 0 Å². The van der Waals surface area contributed by atoms with Crippen molar-refractivity contribution < 1.29 is 0 Å². The molecule has 0 fully saturated rings. The van der Waals surface area contributed by atoms with Gasteiger partial charge in [-0.05, 0) is 23.8 Å². The lowest BCUT2D eigenvalue weighted by Gasteiger charge is -2.04. The summed E-state index contributed by atoms with van der Waals surface area (Å²) in [4.78, 5) is 13.2. The van der Waals surface area contributed by atoms with E-state index in [0.29, 0.717) is 30.9 Å². The first-order valence-electron chi connectivity index (χ1n) is 9.23. The molecule has 0 radical (unpaired) electrons. The summed E-state index contributed by atoms with van der Waals surface area (Å²) < 4.78 is 3.51. The third-order valence-corrected chi connectivity index (χ3v) is 4.73. The van der Waals surface area contributed by atoms with Crippen molar-refractivity contribution in [2.24, 2.45) is 0 Å². The number of hydrogen-bond acceptors (Lipinski definition) is 6. The smallest absolute Gasteiger partial charge is 0.250 e. The molecule has 0 atom stereocenters. The summed E-state index contributed by atoms with van der Waals surface area (Å²) in [5.41, 5.74) is 4.65. The highest BCUT2D eigenvalue weighted by Crippen LogP contribution is 2.19. The van der Waals surface area contributed by atoms with Crippen LogP contribution in [0.5, 0.6) is 0 Å². The van der Waals surface area contributed by atoms with Gasteiger partial charge in [0.15, 0.2) is 0 Å². The van der Waals surface area contributed by atoms with Gasteiger partial charge in [-0.2, -0.15) is 15.5 Å². The number of aromatic nitrogens is 7. The molecule has 0 aliphatic heterocycles. The standard InChI is InChI=1S/C21H16N8/c22-6-2-8-28-14-17(11-26-28)20-13-25-21-24-12-18(29(21)27-20)10-15-4-5-19-16(9-15)3-1-7-23-19/h1,3-5,7,9,11-14H,2,8,10H2. The fourth-order valence-corrected chi connectivity index (χ4v) is 3.30. The van der Waals surface area contributed by atoms with Gasteiger partial charge >= 0.3 is 0 Å². The molecule has 0 aliphatic carbocycles. The Morgan fingerprint density at radius 3 is 2.90 bits per heavy atom. The van der Waals surface area contributed by atoms with E-state index in [9.17, 15) is 0 Å². The topological polar surface area (TPSA) is 97.6 Å². The van der Waals surface area contributed by atoms with Crippen molar-refractivity contribution in [1.29, 1.82) is 5.26 Å². The molecule has 0 saturated heterocycles. The predicted molar refractivity (Wildman–Crippen MR) is 107 cm³/mol. The summed E-state index contributed by atoms with van der Waals surface area (Å²) in [5.74, 6) is 0.558. The molecule has 0 aliphatic rings. The molecule has 0 saturated carbocycles. The SMILES string of the molecule is N#CCCn1cc(-c2cnc3ncc(Cc4ccc5ncccc5c4)n3n2)cn1. The van der Waals surface area contributed by atoms with Crippen molar-refractivity contribution >= 4 is 16.7 Å². The van der Waals surface area contributed by atoms with Crippen molar-refractivity contribution in [3.05, 3.63) is 72.6 Å². The Balaban J connectivity index is 1.47. The molecule has 0 N–H and O–H groups in total. The van der Waals surface area contributed by atoms with Gasteiger partial charge in [-0.3, -0.25) is 9.67 Å². The van der Waals surface area contributed by atoms with Gasteiger partial charge in [0.1, 0.15) is 5.69 Å². The van der Waals surface area contributed by atoms with Gasteiger partial charge < -0.3 is 0 Å². The maximum Gasteiger partial charge on any atom is 0.250 e. The molecule has 0 bridgehead atoms. The van der Waals surface area contributed by atoms with Crippen molar-refractivity contribution in [3.63, 3.8) is 0 Å². The van der Waals surface area contributed by atoms with Gasteiger partial charge in [0, 0.05) is 29.8 Å². The average Bonchev–Trinajstić information content (AvgIpc) is 3.39. The fraction of sp³-hybridized carbons (Fsp3) is 0.143. The molecule has 8 heteroatoms. The molecule has 8 nitrogen and oxygen atoms in total. The molecule has 0 amide bonds. The van der Waals surface area contributed by atoms with Crippen LogP contribution < -0.4 is 0 Å². The summed E-state index contributed by atoms with van der Waals surface area (Å²) in [6.45, 7) is 0.555. The number of fused-ring (bicyclic) bond motifs is 2. The molecular formula is C21H16N8. The minimum atomic E-state index is 0.415. The van der Waals surface area contributed by atoms with Gasteiger partial charge in [-0.15, -0.1) is 0 Å². The van der Waals surface area contributed by atoms with Gasteiger partial charge in [0.05, 0.1) is 48.8 Å². The highest BCUT2D eigenvalue weighted by molar-refractivity contribution is 5.79. The van der Waals surface area contributed by atoms with Crippen molar-refractivity contribution in [1.82, 2.24) is 34.3 Å². The van der Waals surface area contributed by atoms with E-state index in [2.05, 4.69) is 44.3 Å². The summed E-state index contributed by atoms with van der Waals surface area (Å²) in [7, 11) is 0. The summed E-state index contributed by atoms with van der Waals surface area (Å²) in [5, 5.41) is 18.8. The second-order valence-corrected chi connectivity index (χ2v) is 6.71. The van der Waals surface area contributed by atoms with Crippen molar-refractivity contribution in [3.8, 4) is 17.3 Å². The quantitative estimate of drug-likeness (QED) is 0.465. The Labute approximate surface area is 166 Å². The Morgan fingerprint density at radius 2 is 1.97 bits per heavy atom. The molecule has 5 rings (SSSR count). The molecule has 4 aromatic heterocycles. The second kappa shape index (κ2) is 7.13. The number of benzene rings is 1. The molecule has 1 aromatic carbocycles. The van der Waals surface area contributed by atoms with E-state index in [1.165, 1.54) is 0 Å². The minimum Gasteiger partial charge on any atom is -0.271 e. The minimum absolute atomic E-state index is 0.415. The van der Waals surface area contributed by atoms with E-state index < -0.39 is 0 Å². The highest BCUT2D eigenvalue weighted by Gasteiger charge is 2.11. The molecular weight excluding hydrogens is 364 g/mol. The summed E-state index contributed by atoms with van der Waals surface area (Å²) in [6.07, 6.45) is 10.0. The van der Waals surface area contributed by atoms with E-state index in [1.54, 1.807) is 27.8 Å². The Bertz CT molecular complexity index is 1360. The molecule has 5 aromatic rings. The van der Waals surface area contributed by atoms with Crippen LogP contribution in [0.25, 0.3) is 27.9 Å². The number of aryl methyl sites for hydroxylation is 1. The number of rotatable bonds is 5. The highest BCUT2D eigenvalue weighted by atomic mass is 15.3. The van der Waals surface area contributed by atoms with Crippen LogP contribution in [0.3, 0.4) is 0 Å². The van der Waals surface area contributed by atoms with E-state index in [4.69, 9.17) is 10.4 Å². The van der Waals surface area contributed by atoms with Crippen LogP contribution in [-0.2, 0) is 13.0 Å². The first-order valence-corrected chi connectivity index (χ1v) is 9.23. The Morgan fingerprint density at radius 1 is 1.03 bits per heavy atom. The third kappa shape index (κ3) is 3.30. The number of pyridine rings is 1. The first-order chi connectivity index (χ1) is 14.3. The zero-order valence-electron chi connectivity index (χ0n) is 15.5. The van der Waals surface area contributed by atoms with Gasteiger partial charge in [-0.1, -0.05) is 12.1 Å². The monoisotopic (exact) mass is 380 g/mol. The predicted octanol–water partition coefficient (Wildman–Crippen LogP) is 3.04. The van der Waals surface area contributed by atoms with E-state index in [1.807, 2.05) is 24.5 Å². The second-order valence-electron chi connectivity index (χ2n) is 6.71. The molecule has 140 valence electrons. The van der Waals surface area contributed by atoms with Gasteiger partial charge in [-0.25, -0.2) is 14.5 Å². The van der Waals surface area contributed by atoms with E-state index >= 15 is 0 Å². The molecule has 0 spiro atoms. The lowest BCUT2D eigenvalue weighted by Crippen LogP contribution is -2.02. The number of imidazole rings is 1. The largest absolute Gasteiger partial charge is 0.271 e. The number of nitriles is 1. The maximum absolute atomic E-state index is 8.73. The van der Waals surface area contributed by atoms with Crippen LogP contribution in [0.1, 0.15) is 17.7 Å². The van der Waals surface area contributed by atoms with Crippen LogP contribution in [0.2, 0.25) is 0 Å². The maximum atomic E-state index is 8.73. The van der Waals surface area contributed by atoms with Crippen LogP contribution in [0, 0.1) is 11.3 Å². The molecule has 4 heterocycles. The lowest BCUT2D eigenvalue weighted by atomic mass is 10.1. The third-order valence-electron chi connectivity index (χ3n) is 4.73. The van der Waals surface area contributed by atoms with Crippen LogP contribution in [-0.4, -0.2) is 34.3 Å². The van der Waals surface area contributed by atoms with Crippen molar-refractivity contribution in [2.45, 2.75) is 19.4 Å². The fourth-order valence-electron chi connectivity index (χ4n) is 3.30. The van der Waals surface area contributed by atoms with Gasteiger partial charge in [0.25, 0.3) is 5.78 Å². The first kappa shape index (κ1) is 17.0. The van der Waals surface area contributed by atoms with Crippen LogP contribution in [0.4, 0.5) is 0 Å². The van der Waals surface area contributed by atoms with Crippen molar-refractivity contribution in [2.75, 3.05) is 0 Å². The van der Waals surface area contributed by atoms with Gasteiger partial charge in [0.2, 0.25) is 0 Å². The summed E-state index contributed by atoms with van der Waals surface area (Å²) in [6, 6.07) is 12.4. The number of hydrogen-bond donors (Lipinski definition) is 0. The number of nitrogens with zero attached hydrogens (tertiary/aromatic N) is 8. The lowest BCUT2D eigenvalue weighted by molar-refractivity contribution is 0.628. The average molecular weight is 380 g/mol. The van der Waals surface area contributed by atoms with Crippen LogP contribution in [0.15, 0.2) is 61.3 Å². The zero-order chi connectivity index (χ0) is 19.6. The zero-order valence-corrected chi connectivity index (χ0v) is 15.5. The summed E-state index contributed by atoms with van der Waals surface area (Å²) >= 11 is 0. The molecule has 29 heavy (non-hydrogen) atoms. The Kier molecular flexibility index (Phi) is 4.18.